The van der Waals surface area contributed by atoms with Crippen molar-refractivity contribution in [1.82, 2.24) is 5.32 Å². The third-order valence-electron chi connectivity index (χ3n) is 2.74. The van der Waals surface area contributed by atoms with Gasteiger partial charge in [-0.2, -0.15) is 0 Å². The molecule has 0 aromatic heterocycles. The van der Waals surface area contributed by atoms with Gasteiger partial charge in [0, 0.05) is 13.1 Å². The highest BCUT2D eigenvalue weighted by Crippen LogP contribution is 2.10. The minimum atomic E-state index is 0. The molecule has 0 bridgehead atoms. The van der Waals surface area contributed by atoms with Gasteiger partial charge >= 0.3 is 0 Å². The summed E-state index contributed by atoms with van der Waals surface area (Å²) in [7, 11) is 0. The average molecular weight is 355 g/mol. The molecule has 3 N–H and O–H groups in total. The van der Waals surface area contributed by atoms with Crippen LogP contribution in [0.3, 0.4) is 0 Å². The molecule has 4 heteroatoms. The van der Waals surface area contributed by atoms with Gasteiger partial charge in [0.2, 0.25) is 0 Å². The van der Waals surface area contributed by atoms with Crippen LogP contribution in [-0.2, 0) is 0 Å². The van der Waals surface area contributed by atoms with Gasteiger partial charge in [0.1, 0.15) is 0 Å². The fraction of sp³-hybridized carbons (Fsp3) is 0.923. The summed E-state index contributed by atoms with van der Waals surface area (Å²) < 4.78 is 0. The molecule has 0 amide bonds. The van der Waals surface area contributed by atoms with E-state index in [1.165, 1.54) is 25.7 Å². The Morgan fingerprint density at radius 3 is 2.41 bits per heavy atom. The number of rotatable bonds is 8. The van der Waals surface area contributed by atoms with Crippen LogP contribution in [0.5, 0.6) is 0 Å². The zero-order valence-corrected chi connectivity index (χ0v) is 14.2. The second-order valence-electron chi connectivity index (χ2n) is 4.92. The van der Waals surface area contributed by atoms with E-state index in [4.69, 9.17) is 5.73 Å². The van der Waals surface area contributed by atoms with Gasteiger partial charge in [-0.1, -0.05) is 47.0 Å². The van der Waals surface area contributed by atoms with E-state index in [1.54, 1.807) is 0 Å². The van der Waals surface area contributed by atoms with Crippen LogP contribution in [0.1, 0.15) is 53.4 Å². The molecule has 104 valence electrons. The van der Waals surface area contributed by atoms with Gasteiger partial charge < -0.3 is 11.1 Å². The van der Waals surface area contributed by atoms with Crippen molar-refractivity contribution in [2.24, 2.45) is 22.6 Å². The Hall–Kier alpha value is 0. The topological polar surface area (TPSA) is 50.4 Å². The van der Waals surface area contributed by atoms with Gasteiger partial charge in [0.25, 0.3) is 0 Å². The van der Waals surface area contributed by atoms with Crippen molar-refractivity contribution < 1.29 is 0 Å². The third-order valence-corrected chi connectivity index (χ3v) is 2.74. The summed E-state index contributed by atoms with van der Waals surface area (Å²) in [5, 5.41) is 3.23. The second kappa shape index (κ2) is 12.5. The first kappa shape index (κ1) is 19.3. The van der Waals surface area contributed by atoms with Crippen molar-refractivity contribution in [3.63, 3.8) is 0 Å². The number of aliphatic imine (C=N–C) groups is 1. The molecule has 0 saturated heterocycles. The predicted octanol–water partition coefficient (Wildman–Crippen LogP) is 3.38. The van der Waals surface area contributed by atoms with E-state index >= 15 is 0 Å². The van der Waals surface area contributed by atoms with E-state index in [0.717, 1.165) is 19.0 Å². The van der Waals surface area contributed by atoms with Crippen molar-refractivity contribution in [2.45, 2.75) is 53.4 Å². The monoisotopic (exact) mass is 355 g/mol. The van der Waals surface area contributed by atoms with Crippen molar-refractivity contribution in [3.8, 4) is 0 Å². The van der Waals surface area contributed by atoms with E-state index in [9.17, 15) is 0 Å². The molecule has 1 unspecified atom stereocenters. The summed E-state index contributed by atoms with van der Waals surface area (Å²) in [6, 6.07) is 0. The van der Waals surface area contributed by atoms with Crippen molar-refractivity contribution >= 4 is 29.9 Å². The van der Waals surface area contributed by atoms with E-state index < -0.39 is 0 Å². The molecule has 0 rings (SSSR count). The number of halogens is 1. The zero-order chi connectivity index (χ0) is 12.4. The molecule has 0 aliphatic heterocycles. The zero-order valence-electron chi connectivity index (χ0n) is 11.8. The normalized spacial score (nSPS) is 13.4. The third kappa shape index (κ3) is 12.2. The maximum absolute atomic E-state index is 5.79. The Labute approximate surface area is 124 Å². The van der Waals surface area contributed by atoms with E-state index in [2.05, 4.69) is 38.0 Å². The minimum absolute atomic E-state index is 0. The molecule has 1 atom stereocenters. The summed E-state index contributed by atoms with van der Waals surface area (Å²) in [5.74, 6) is 1.90. The lowest BCUT2D eigenvalue weighted by Gasteiger charge is -2.15. The Bertz CT molecular complexity index is 193. The largest absolute Gasteiger partial charge is 0.370 e. The van der Waals surface area contributed by atoms with Crippen LogP contribution in [0.15, 0.2) is 4.99 Å². The number of nitrogens with one attached hydrogen (secondary N) is 1. The quantitative estimate of drug-likeness (QED) is 0.398. The van der Waals surface area contributed by atoms with Crippen LogP contribution in [-0.4, -0.2) is 19.0 Å². The molecule has 0 aromatic carbocycles. The van der Waals surface area contributed by atoms with Crippen LogP contribution < -0.4 is 11.1 Å². The average Bonchev–Trinajstić information content (AvgIpc) is 2.26. The molecule has 0 radical (unpaired) electrons. The molecule has 0 saturated carbocycles. The molecule has 3 nitrogen and oxygen atoms in total. The molecule has 0 fully saturated rings. The summed E-state index contributed by atoms with van der Waals surface area (Å²) in [4.78, 5) is 4.29. The smallest absolute Gasteiger partial charge is 0.188 e. The molecule has 0 spiro atoms. The first-order valence-electron chi connectivity index (χ1n) is 6.63. The van der Waals surface area contributed by atoms with Crippen LogP contribution in [0.25, 0.3) is 0 Å². The lowest BCUT2D eigenvalue weighted by Crippen LogP contribution is -2.35. The highest BCUT2D eigenvalue weighted by atomic mass is 127. The van der Waals surface area contributed by atoms with E-state index in [-0.39, 0.29) is 24.0 Å². The SMILES string of the molecule is CCCCC(CC)CNC(N)=NCC(C)C.I. The van der Waals surface area contributed by atoms with Gasteiger partial charge in [-0.3, -0.25) is 4.99 Å². The van der Waals surface area contributed by atoms with Crippen LogP contribution in [0.4, 0.5) is 0 Å². The predicted molar refractivity (Wildman–Crippen MR) is 88.1 cm³/mol. The molecular weight excluding hydrogens is 325 g/mol. The number of hydrogen-bond acceptors (Lipinski definition) is 1. The van der Waals surface area contributed by atoms with Crippen molar-refractivity contribution in [1.29, 1.82) is 0 Å². The fourth-order valence-electron chi connectivity index (χ4n) is 1.53. The first-order chi connectivity index (χ1) is 7.60. The standard InChI is InChI=1S/C13H29N3.HI/c1-5-7-8-12(6-2)10-16-13(14)15-9-11(3)4;/h11-12H,5-10H2,1-4H3,(H3,14,15,16);1H. The second-order valence-corrected chi connectivity index (χ2v) is 4.92. The highest BCUT2D eigenvalue weighted by molar-refractivity contribution is 14.0. The Balaban J connectivity index is 0. The number of guanidine groups is 1. The Morgan fingerprint density at radius 2 is 1.94 bits per heavy atom. The van der Waals surface area contributed by atoms with E-state index in [0.29, 0.717) is 11.9 Å². The van der Waals surface area contributed by atoms with Gasteiger partial charge in [0.05, 0.1) is 0 Å². The van der Waals surface area contributed by atoms with Crippen LogP contribution in [0.2, 0.25) is 0 Å². The first-order valence-corrected chi connectivity index (χ1v) is 6.63. The van der Waals surface area contributed by atoms with Gasteiger partial charge in [-0.05, 0) is 18.3 Å². The van der Waals surface area contributed by atoms with Crippen molar-refractivity contribution in [2.75, 3.05) is 13.1 Å². The molecule has 0 aromatic rings. The summed E-state index contributed by atoms with van der Waals surface area (Å²) in [6.07, 6.45) is 5.08. The number of hydrogen-bond donors (Lipinski definition) is 2. The maximum atomic E-state index is 5.79. The maximum Gasteiger partial charge on any atom is 0.188 e. The summed E-state index contributed by atoms with van der Waals surface area (Å²) in [6.45, 7) is 10.5. The summed E-state index contributed by atoms with van der Waals surface area (Å²) in [5.41, 5.74) is 5.79. The van der Waals surface area contributed by atoms with Crippen LogP contribution >= 0.6 is 24.0 Å². The minimum Gasteiger partial charge on any atom is -0.370 e. The summed E-state index contributed by atoms with van der Waals surface area (Å²) >= 11 is 0. The Kier molecular flexibility index (Phi) is 14.2. The van der Waals surface area contributed by atoms with Gasteiger partial charge in [-0.15, -0.1) is 24.0 Å². The Morgan fingerprint density at radius 1 is 1.29 bits per heavy atom. The van der Waals surface area contributed by atoms with Crippen LogP contribution in [0, 0.1) is 11.8 Å². The number of unbranched alkanes of at least 4 members (excludes halogenated alkanes) is 1. The lowest BCUT2D eigenvalue weighted by atomic mass is 9.99. The van der Waals surface area contributed by atoms with Crippen molar-refractivity contribution in [3.05, 3.63) is 0 Å². The molecular formula is C13H30IN3. The highest BCUT2D eigenvalue weighted by Gasteiger charge is 2.05. The molecule has 0 aliphatic rings. The lowest BCUT2D eigenvalue weighted by molar-refractivity contribution is 0.445. The van der Waals surface area contributed by atoms with Gasteiger partial charge in [-0.25, -0.2) is 0 Å². The number of nitrogens with zero attached hydrogens (tertiary/aromatic N) is 1. The van der Waals surface area contributed by atoms with Gasteiger partial charge in [0.15, 0.2) is 5.96 Å². The van der Waals surface area contributed by atoms with E-state index in [1.807, 2.05) is 0 Å². The molecule has 17 heavy (non-hydrogen) atoms. The number of nitrogens with two attached hydrogens (primary N) is 1. The molecule has 0 aliphatic carbocycles. The molecule has 0 heterocycles. The fourth-order valence-corrected chi connectivity index (χ4v) is 1.53.